The minimum Gasteiger partial charge on any atom is -0.339 e. The van der Waals surface area contributed by atoms with Crippen LogP contribution in [-0.2, 0) is 4.79 Å². The summed E-state index contributed by atoms with van der Waals surface area (Å²) in [6.07, 6.45) is -4.22. The van der Waals surface area contributed by atoms with Crippen molar-refractivity contribution in [3.63, 3.8) is 0 Å². The molecule has 1 saturated heterocycles. The molecule has 0 aromatic heterocycles. The number of likely N-dealkylation sites (N-methyl/N-ethyl adjacent to an activating group) is 1. The van der Waals surface area contributed by atoms with Crippen molar-refractivity contribution in [1.82, 2.24) is 15.2 Å². The quantitative estimate of drug-likeness (QED) is 0.434. The smallest absolute Gasteiger partial charge is 0.339 e. The Hall–Kier alpha value is -2.23. The highest BCUT2D eigenvalue weighted by atomic mass is 19.4. The number of rotatable bonds is 6. The molecule has 0 unspecified atom stereocenters. The Morgan fingerprint density at radius 2 is 1.69 bits per heavy atom. The number of piperazine rings is 1. The average Bonchev–Trinajstić information content (AvgIpc) is 2.69. The standard InChI is InChI=1S/C13H23F3N4O.C6H4F2/c1-3-5-11(13(14,15)16)18-20(4-2)10-12(21)19-8-6-17-7-9-19;7-5-3-1-2-4-6(5)8/h17H,3-10H2,1-2H3;1-4H/b18-11+;. The molecule has 164 valence electrons. The van der Waals surface area contributed by atoms with E-state index in [-0.39, 0.29) is 25.4 Å². The first-order chi connectivity index (χ1) is 13.7. The lowest BCUT2D eigenvalue weighted by Crippen LogP contribution is -2.49. The van der Waals surface area contributed by atoms with Crippen LogP contribution in [-0.4, -0.2) is 67.0 Å². The summed E-state index contributed by atoms with van der Waals surface area (Å²) in [5.74, 6) is -1.78. The topological polar surface area (TPSA) is 47.9 Å². The third-order valence-electron chi connectivity index (χ3n) is 4.05. The van der Waals surface area contributed by atoms with Crippen LogP contribution in [0.5, 0.6) is 0 Å². The molecule has 1 amide bonds. The van der Waals surface area contributed by atoms with Gasteiger partial charge in [0, 0.05) is 32.7 Å². The number of benzene rings is 1. The van der Waals surface area contributed by atoms with Crippen LogP contribution in [0.1, 0.15) is 26.7 Å². The van der Waals surface area contributed by atoms with E-state index >= 15 is 0 Å². The minimum atomic E-state index is -4.44. The van der Waals surface area contributed by atoms with E-state index in [0.29, 0.717) is 32.6 Å². The number of nitrogens with zero attached hydrogens (tertiary/aromatic N) is 3. The lowest BCUT2D eigenvalue weighted by molar-refractivity contribution is -0.133. The molecule has 29 heavy (non-hydrogen) atoms. The number of hydrogen-bond donors (Lipinski definition) is 1. The van der Waals surface area contributed by atoms with Gasteiger partial charge < -0.3 is 10.2 Å². The van der Waals surface area contributed by atoms with Gasteiger partial charge in [0.1, 0.15) is 12.3 Å². The second kappa shape index (κ2) is 12.4. The van der Waals surface area contributed by atoms with Crippen molar-refractivity contribution in [3.05, 3.63) is 35.9 Å². The van der Waals surface area contributed by atoms with Gasteiger partial charge in [-0.05, 0) is 25.5 Å². The maximum atomic E-state index is 12.8. The first-order valence-corrected chi connectivity index (χ1v) is 9.47. The molecule has 1 N–H and O–H groups in total. The van der Waals surface area contributed by atoms with Gasteiger partial charge in [-0.25, -0.2) is 8.78 Å². The molecule has 0 saturated carbocycles. The fourth-order valence-electron chi connectivity index (χ4n) is 2.48. The van der Waals surface area contributed by atoms with Gasteiger partial charge in [-0.3, -0.25) is 9.80 Å². The summed E-state index contributed by atoms with van der Waals surface area (Å²) in [6.45, 7) is 6.11. The summed E-state index contributed by atoms with van der Waals surface area (Å²) in [6, 6.07) is 5.04. The Balaban J connectivity index is 0.000000436. The van der Waals surface area contributed by atoms with Gasteiger partial charge in [-0.15, -0.1) is 0 Å². The Morgan fingerprint density at radius 1 is 1.14 bits per heavy atom. The molecule has 1 aromatic carbocycles. The second-order valence-electron chi connectivity index (χ2n) is 6.32. The lowest BCUT2D eigenvalue weighted by atomic mass is 10.2. The van der Waals surface area contributed by atoms with E-state index < -0.39 is 23.5 Å². The van der Waals surface area contributed by atoms with Gasteiger partial charge in [0.2, 0.25) is 5.91 Å². The highest BCUT2D eigenvalue weighted by Gasteiger charge is 2.35. The van der Waals surface area contributed by atoms with Crippen molar-refractivity contribution in [1.29, 1.82) is 0 Å². The van der Waals surface area contributed by atoms with Crippen LogP contribution in [0.25, 0.3) is 0 Å². The predicted octanol–water partition coefficient (Wildman–Crippen LogP) is 3.42. The zero-order chi connectivity index (χ0) is 21.9. The molecule has 1 fully saturated rings. The van der Waals surface area contributed by atoms with Gasteiger partial charge in [0.15, 0.2) is 11.6 Å². The minimum absolute atomic E-state index is 0.111. The molecule has 0 bridgehead atoms. The third kappa shape index (κ3) is 9.21. The van der Waals surface area contributed by atoms with E-state index in [2.05, 4.69) is 10.4 Å². The molecule has 1 aliphatic rings. The van der Waals surface area contributed by atoms with Gasteiger partial charge in [0.05, 0.1) is 0 Å². The monoisotopic (exact) mass is 422 g/mol. The molecule has 1 aliphatic heterocycles. The molecule has 0 aliphatic carbocycles. The van der Waals surface area contributed by atoms with Crippen molar-refractivity contribution >= 4 is 11.6 Å². The van der Waals surface area contributed by atoms with Gasteiger partial charge >= 0.3 is 6.18 Å². The van der Waals surface area contributed by atoms with Crippen LogP contribution < -0.4 is 5.32 Å². The number of alkyl halides is 3. The summed E-state index contributed by atoms with van der Waals surface area (Å²) >= 11 is 0. The molecule has 1 heterocycles. The zero-order valence-electron chi connectivity index (χ0n) is 16.6. The number of hydrazone groups is 1. The van der Waals surface area contributed by atoms with Crippen molar-refractivity contribution < 1.29 is 26.7 Å². The van der Waals surface area contributed by atoms with E-state index in [1.54, 1.807) is 18.7 Å². The first-order valence-electron chi connectivity index (χ1n) is 9.47. The number of hydrogen-bond acceptors (Lipinski definition) is 4. The number of carbonyl (C=O) groups is 1. The summed E-state index contributed by atoms with van der Waals surface area (Å²) in [7, 11) is 0. The lowest BCUT2D eigenvalue weighted by Gasteiger charge is -2.29. The summed E-state index contributed by atoms with van der Waals surface area (Å²) < 4.78 is 62.4. The summed E-state index contributed by atoms with van der Waals surface area (Å²) in [5.41, 5.74) is -0.819. The molecule has 10 heteroatoms. The van der Waals surface area contributed by atoms with Crippen molar-refractivity contribution in [2.75, 3.05) is 39.3 Å². The molecular weight excluding hydrogens is 395 g/mol. The molecule has 0 spiro atoms. The molecule has 1 aromatic rings. The number of carbonyl (C=O) groups excluding carboxylic acids is 1. The van der Waals surface area contributed by atoms with E-state index in [9.17, 15) is 26.7 Å². The Bertz CT molecular complexity index is 639. The zero-order valence-corrected chi connectivity index (χ0v) is 16.6. The number of amides is 1. The van der Waals surface area contributed by atoms with E-state index in [4.69, 9.17) is 0 Å². The van der Waals surface area contributed by atoms with Gasteiger partial charge in [-0.2, -0.15) is 18.3 Å². The van der Waals surface area contributed by atoms with Gasteiger partial charge in [-0.1, -0.05) is 25.5 Å². The maximum absolute atomic E-state index is 12.8. The largest absolute Gasteiger partial charge is 0.431 e. The fourth-order valence-corrected chi connectivity index (χ4v) is 2.48. The third-order valence-corrected chi connectivity index (χ3v) is 4.05. The number of halogens is 5. The van der Waals surface area contributed by atoms with Crippen LogP contribution in [0.2, 0.25) is 0 Å². The van der Waals surface area contributed by atoms with Crippen molar-refractivity contribution in [3.8, 4) is 0 Å². The van der Waals surface area contributed by atoms with Crippen LogP contribution in [0, 0.1) is 11.6 Å². The molecule has 0 radical (unpaired) electrons. The summed E-state index contributed by atoms with van der Waals surface area (Å²) in [5, 5.41) is 7.97. The van der Waals surface area contributed by atoms with Gasteiger partial charge in [0.25, 0.3) is 0 Å². The van der Waals surface area contributed by atoms with E-state index in [1.165, 1.54) is 17.1 Å². The van der Waals surface area contributed by atoms with Crippen LogP contribution in [0.4, 0.5) is 22.0 Å². The van der Waals surface area contributed by atoms with Crippen molar-refractivity contribution in [2.45, 2.75) is 32.9 Å². The molecule has 2 rings (SSSR count). The first kappa shape index (κ1) is 24.8. The number of nitrogens with one attached hydrogen (secondary N) is 1. The van der Waals surface area contributed by atoms with E-state index in [0.717, 1.165) is 12.1 Å². The normalized spacial score (nSPS) is 14.9. The predicted molar refractivity (Wildman–Crippen MR) is 101 cm³/mol. The van der Waals surface area contributed by atoms with Crippen LogP contribution in [0.3, 0.4) is 0 Å². The molecule has 0 atom stereocenters. The maximum Gasteiger partial charge on any atom is 0.431 e. The summed E-state index contributed by atoms with van der Waals surface area (Å²) in [4.78, 5) is 13.7. The SMILES string of the molecule is CCC/C(=N\N(CC)CC(=O)N1CCNCC1)C(F)(F)F.Fc1ccccc1F. The Kier molecular flexibility index (Phi) is 10.6. The van der Waals surface area contributed by atoms with Crippen LogP contribution in [0.15, 0.2) is 29.4 Å². The second-order valence-corrected chi connectivity index (χ2v) is 6.32. The highest BCUT2D eigenvalue weighted by molar-refractivity contribution is 5.89. The average molecular weight is 422 g/mol. The van der Waals surface area contributed by atoms with Crippen LogP contribution >= 0.6 is 0 Å². The van der Waals surface area contributed by atoms with Crippen molar-refractivity contribution in [2.24, 2.45) is 5.10 Å². The molecular formula is C19H27F5N4O. The fraction of sp³-hybridized carbons (Fsp3) is 0.579. The Morgan fingerprint density at radius 3 is 2.10 bits per heavy atom. The Labute approximate surface area is 167 Å². The highest BCUT2D eigenvalue weighted by Crippen LogP contribution is 2.21. The van der Waals surface area contributed by atoms with E-state index in [1.807, 2.05) is 0 Å². The molecule has 5 nitrogen and oxygen atoms in total.